The minimum Gasteiger partial charge on any atom is -0.473 e. The molecule has 0 aliphatic carbocycles. The molecule has 1 aliphatic heterocycles. The fraction of sp³-hybridized carbons (Fsp3) is 0.312. The summed E-state index contributed by atoms with van der Waals surface area (Å²) >= 11 is 0. The second kappa shape index (κ2) is 6.45. The van der Waals surface area contributed by atoms with E-state index in [9.17, 15) is 0 Å². The largest absolute Gasteiger partial charge is 0.473 e. The zero-order valence-electron chi connectivity index (χ0n) is 12.0. The van der Waals surface area contributed by atoms with E-state index in [1.165, 1.54) is 0 Å². The number of nitrogens with zero attached hydrogens (tertiary/aromatic N) is 1. The molecule has 21 heavy (non-hydrogen) atoms. The number of fused-ring (bicyclic) bond motifs is 1. The highest BCUT2D eigenvalue weighted by Crippen LogP contribution is 2.32. The number of pyridine rings is 1. The molecule has 0 bridgehead atoms. The van der Waals surface area contributed by atoms with Gasteiger partial charge in [-0.2, -0.15) is 0 Å². The van der Waals surface area contributed by atoms with Crippen LogP contribution in [0, 0.1) is 0 Å². The molecule has 0 atom stereocenters. The molecule has 0 unspecified atom stereocenters. The molecule has 0 radical (unpaired) electrons. The minimum absolute atomic E-state index is 0.285. The van der Waals surface area contributed by atoms with Gasteiger partial charge >= 0.3 is 0 Å². The van der Waals surface area contributed by atoms with Crippen molar-refractivity contribution in [3.63, 3.8) is 0 Å². The summed E-state index contributed by atoms with van der Waals surface area (Å²) in [6, 6.07) is 11.6. The SMILES string of the molecule is CCNCc1cccc(OCc2ccc3c(c2)OCO3)n1. The Balaban J connectivity index is 1.62. The van der Waals surface area contributed by atoms with Gasteiger partial charge in [0.05, 0.1) is 5.69 Å². The quantitative estimate of drug-likeness (QED) is 0.884. The average Bonchev–Trinajstić information content (AvgIpc) is 2.99. The Morgan fingerprint density at radius 1 is 1.19 bits per heavy atom. The van der Waals surface area contributed by atoms with Gasteiger partial charge in [0, 0.05) is 12.6 Å². The van der Waals surface area contributed by atoms with Gasteiger partial charge in [-0.3, -0.25) is 0 Å². The van der Waals surface area contributed by atoms with Gasteiger partial charge < -0.3 is 19.5 Å². The molecule has 0 saturated heterocycles. The van der Waals surface area contributed by atoms with E-state index in [4.69, 9.17) is 14.2 Å². The third-order valence-corrected chi connectivity index (χ3v) is 3.16. The van der Waals surface area contributed by atoms with Crippen molar-refractivity contribution in [1.29, 1.82) is 0 Å². The maximum absolute atomic E-state index is 5.74. The van der Waals surface area contributed by atoms with E-state index in [1.54, 1.807) is 0 Å². The van der Waals surface area contributed by atoms with Crippen LogP contribution in [0.2, 0.25) is 0 Å². The normalized spacial score (nSPS) is 12.4. The van der Waals surface area contributed by atoms with E-state index < -0.39 is 0 Å². The number of rotatable bonds is 6. The van der Waals surface area contributed by atoms with Gasteiger partial charge in [-0.25, -0.2) is 4.98 Å². The van der Waals surface area contributed by atoms with Crippen LogP contribution in [-0.2, 0) is 13.2 Å². The number of ether oxygens (including phenoxy) is 3. The highest BCUT2D eigenvalue weighted by atomic mass is 16.7. The summed E-state index contributed by atoms with van der Waals surface area (Å²) in [7, 11) is 0. The van der Waals surface area contributed by atoms with Crippen LogP contribution >= 0.6 is 0 Å². The summed E-state index contributed by atoms with van der Waals surface area (Å²) in [4.78, 5) is 4.46. The van der Waals surface area contributed by atoms with E-state index in [0.29, 0.717) is 12.5 Å². The number of hydrogen-bond acceptors (Lipinski definition) is 5. The molecule has 0 amide bonds. The third-order valence-electron chi connectivity index (χ3n) is 3.16. The van der Waals surface area contributed by atoms with E-state index >= 15 is 0 Å². The number of benzene rings is 1. The van der Waals surface area contributed by atoms with Crippen LogP contribution in [0.4, 0.5) is 0 Å². The Bertz CT molecular complexity index is 616. The highest BCUT2D eigenvalue weighted by Gasteiger charge is 2.13. The van der Waals surface area contributed by atoms with Crippen molar-refractivity contribution in [3.8, 4) is 17.4 Å². The predicted molar refractivity (Wildman–Crippen MR) is 78.5 cm³/mol. The van der Waals surface area contributed by atoms with Crippen LogP contribution in [-0.4, -0.2) is 18.3 Å². The van der Waals surface area contributed by atoms with Crippen molar-refractivity contribution in [2.24, 2.45) is 0 Å². The molecule has 1 aromatic carbocycles. The molecule has 1 N–H and O–H groups in total. The fourth-order valence-electron chi connectivity index (χ4n) is 2.08. The second-order valence-electron chi connectivity index (χ2n) is 4.72. The number of nitrogens with one attached hydrogen (secondary N) is 1. The van der Waals surface area contributed by atoms with Crippen LogP contribution < -0.4 is 19.5 Å². The lowest BCUT2D eigenvalue weighted by atomic mass is 10.2. The average molecular weight is 286 g/mol. The first kappa shape index (κ1) is 13.7. The summed E-state index contributed by atoms with van der Waals surface area (Å²) in [6.07, 6.45) is 0. The van der Waals surface area contributed by atoms with E-state index in [-0.39, 0.29) is 6.79 Å². The van der Waals surface area contributed by atoms with Crippen molar-refractivity contribution in [1.82, 2.24) is 10.3 Å². The molecule has 2 heterocycles. The second-order valence-corrected chi connectivity index (χ2v) is 4.72. The van der Waals surface area contributed by atoms with E-state index in [0.717, 1.165) is 35.8 Å². The predicted octanol–water partition coefficient (Wildman–Crippen LogP) is 2.50. The summed E-state index contributed by atoms with van der Waals surface area (Å²) < 4.78 is 16.4. The van der Waals surface area contributed by atoms with Crippen molar-refractivity contribution in [3.05, 3.63) is 47.7 Å². The Labute approximate surface area is 123 Å². The molecule has 5 heteroatoms. The van der Waals surface area contributed by atoms with E-state index in [2.05, 4.69) is 17.2 Å². The monoisotopic (exact) mass is 286 g/mol. The maximum Gasteiger partial charge on any atom is 0.231 e. The number of hydrogen-bond donors (Lipinski definition) is 1. The van der Waals surface area contributed by atoms with Gasteiger partial charge in [0.15, 0.2) is 11.5 Å². The first-order valence-corrected chi connectivity index (χ1v) is 7.03. The van der Waals surface area contributed by atoms with Crippen LogP contribution in [0.25, 0.3) is 0 Å². The van der Waals surface area contributed by atoms with Crippen LogP contribution in [0.5, 0.6) is 17.4 Å². The van der Waals surface area contributed by atoms with Gasteiger partial charge in [0.2, 0.25) is 12.7 Å². The van der Waals surface area contributed by atoms with E-state index in [1.807, 2.05) is 36.4 Å². The molecule has 1 aromatic heterocycles. The van der Waals surface area contributed by atoms with Crippen molar-refractivity contribution < 1.29 is 14.2 Å². The van der Waals surface area contributed by atoms with Gasteiger partial charge in [-0.05, 0) is 30.3 Å². The third kappa shape index (κ3) is 3.44. The first-order valence-electron chi connectivity index (χ1n) is 7.03. The Morgan fingerprint density at radius 2 is 2.10 bits per heavy atom. The molecule has 0 fully saturated rings. The van der Waals surface area contributed by atoms with Crippen LogP contribution in [0.3, 0.4) is 0 Å². The lowest BCUT2D eigenvalue weighted by molar-refractivity contribution is 0.174. The highest BCUT2D eigenvalue weighted by molar-refractivity contribution is 5.44. The molecule has 0 saturated carbocycles. The first-order chi connectivity index (χ1) is 10.3. The molecular weight excluding hydrogens is 268 g/mol. The molecule has 3 rings (SSSR count). The maximum atomic E-state index is 5.74. The number of aromatic nitrogens is 1. The minimum atomic E-state index is 0.285. The van der Waals surface area contributed by atoms with Crippen LogP contribution in [0.15, 0.2) is 36.4 Å². The summed E-state index contributed by atoms with van der Waals surface area (Å²) in [5, 5.41) is 3.25. The lowest BCUT2D eigenvalue weighted by Crippen LogP contribution is -2.13. The molecule has 1 aliphatic rings. The molecule has 2 aromatic rings. The van der Waals surface area contributed by atoms with Crippen LogP contribution in [0.1, 0.15) is 18.2 Å². The molecule has 0 spiro atoms. The summed E-state index contributed by atoms with van der Waals surface area (Å²) in [5.41, 5.74) is 2.00. The topological polar surface area (TPSA) is 52.6 Å². The van der Waals surface area contributed by atoms with Gasteiger partial charge in [-0.1, -0.05) is 19.1 Å². The molecule has 5 nitrogen and oxygen atoms in total. The van der Waals surface area contributed by atoms with Gasteiger partial charge in [0.1, 0.15) is 6.61 Å². The summed E-state index contributed by atoms with van der Waals surface area (Å²) in [5.74, 6) is 2.18. The Kier molecular flexibility index (Phi) is 4.21. The zero-order chi connectivity index (χ0) is 14.5. The van der Waals surface area contributed by atoms with Gasteiger partial charge in [0.25, 0.3) is 0 Å². The summed E-state index contributed by atoms with van der Waals surface area (Å²) in [6.45, 7) is 4.48. The Morgan fingerprint density at radius 3 is 3.00 bits per heavy atom. The smallest absolute Gasteiger partial charge is 0.231 e. The Hall–Kier alpha value is -2.27. The fourth-order valence-corrected chi connectivity index (χ4v) is 2.08. The zero-order valence-corrected chi connectivity index (χ0v) is 12.0. The van der Waals surface area contributed by atoms with Crippen molar-refractivity contribution >= 4 is 0 Å². The molecular formula is C16H18N2O3. The van der Waals surface area contributed by atoms with Crippen molar-refractivity contribution in [2.45, 2.75) is 20.1 Å². The molecule has 110 valence electrons. The lowest BCUT2D eigenvalue weighted by Gasteiger charge is -2.08. The van der Waals surface area contributed by atoms with Gasteiger partial charge in [-0.15, -0.1) is 0 Å². The van der Waals surface area contributed by atoms with Crippen molar-refractivity contribution in [2.75, 3.05) is 13.3 Å². The standard InChI is InChI=1S/C16H18N2O3/c1-2-17-9-13-4-3-5-16(18-13)19-10-12-6-7-14-15(8-12)21-11-20-14/h3-8,17H,2,9-11H2,1H3.